The van der Waals surface area contributed by atoms with Crippen molar-refractivity contribution in [3.8, 4) is 16.8 Å². The number of carbonyl (C=O) groups excluding carboxylic acids is 1. The van der Waals surface area contributed by atoms with E-state index in [1.54, 1.807) is 28.4 Å². The predicted molar refractivity (Wildman–Crippen MR) is 129 cm³/mol. The van der Waals surface area contributed by atoms with Crippen molar-refractivity contribution in [2.24, 2.45) is 5.10 Å². The Labute approximate surface area is 195 Å². The molecule has 0 aliphatic carbocycles. The summed E-state index contributed by atoms with van der Waals surface area (Å²) in [6, 6.07) is 22.9. The third-order valence-corrected chi connectivity index (χ3v) is 5.44. The van der Waals surface area contributed by atoms with Crippen molar-refractivity contribution >= 4 is 29.4 Å². The highest BCUT2D eigenvalue weighted by atomic mass is 35.5. The number of halogens is 1. The summed E-state index contributed by atoms with van der Waals surface area (Å²) in [7, 11) is 0. The maximum Gasteiger partial charge on any atom is 0.290 e. The van der Waals surface area contributed by atoms with Crippen LogP contribution in [0.4, 0.5) is 0 Å². The van der Waals surface area contributed by atoms with Crippen LogP contribution in [0.25, 0.3) is 22.5 Å². The standard InChI is InChI=1S/C25H19ClN6O/c1-17-24(31-14-6-5-9-23(31)28-17)25(33)29-27-15-22-21(18-10-12-19(26)13-11-18)16-32(30-22)20-7-3-2-4-8-20/h2-16H,1H3,(H,29,33). The second-order valence-electron chi connectivity index (χ2n) is 7.39. The summed E-state index contributed by atoms with van der Waals surface area (Å²) in [5.74, 6) is -0.349. The van der Waals surface area contributed by atoms with Gasteiger partial charge in [-0.15, -0.1) is 0 Å². The Morgan fingerprint density at radius 1 is 1.03 bits per heavy atom. The lowest BCUT2D eigenvalue weighted by atomic mass is 10.1. The van der Waals surface area contributed by atoms with E-state index in [9.17, 15) is 4.79 Å². The van der Waals surface area contributed by atoms with Gasteiger partial charge in [-0.1, -0.05) is 48.0 Å². The van der Waals surface area contributed by atoms with Gasteiger partial charge in [-0.05, 0) is 48.9 Å². The molecule has 0 bridgehead atoms. The van der Waals surface area contributed by atoms with Crippen LogP contribution in [0.2, 0.25) is 5.02 Å². The SMILES string of the molecule is Cc1nc2ccccn2c1C(=O)NN=Cc1nn(-c2ccccc2)cc1-c1ccc(Cl)cc1. The van der Waals surface area contributed by atoms with Gasteiger partial charge in [0.05, 0.1) is 17.6 Å². The van der Waals surface area contributed by atoms with Gasteiger partial charge >= 0.3 is 0 Å². The Kier molecular flexibility index (Phi) is 5.46. The number of amides is 1. The van der Waals surface area contributed by atoms with E-state index >= 15 is 0 Å². The normalized spacial score (nSPS) is 11.3. The molecule has 3 heterocycles. The molecule has 5 aromatic rings. The number of benzene rings is 2. The number of aryl methyl sites for hydroxylation is 1. The molecule has 0 spiro atoms. The summed E-state index contributed by atoms with van der Waals surface area (Å²) in [6.45, 7) is 1.80. The van der Waals surface area contributed by atoms with Gasteiger partial charge in [0.25, 0.3) is 5.91 Å². The maximum atomic E-state index is 12.8. The Balaban J connectivity index is 1.46. The molecule has 3 aromatic heterocycles. The number of nitrogens with one attached hydrogen (secondary N) is 1. The fraction of sp³-hybridized carbons (Fsp3) is 0.0400. The molecular formula is C25H19ClN6O. The van der Waals surface area contributed by atoms with Crippen molar-refractivity contribution in [3.63, 3.8) is 0 Å². The first-order valence-electron chi connectivity index (χ1n) is 10.3. The van der Waals surface area contributed by atoms with Crippen molar-refractivity contribution in [2.45, 2.75) is 6.92 Å². The molecular weight excluding hydrogens is 436 g/mol. The van der Waals surface area contributed by atoms with Crippen LogP contribution in [0.1, 0.15) is 21.9 Å². The number of hydrogen-bond donors (Lipinski definition) is 1. The van der Waals surface area contributed by atoms with Crippen LogP contribution in [0.3, 0.4) is 0 Å². The van der Waals surface area contributed by atoms with E-state index < -0.39 is 0 Å². The smallest absolute Gasteiger partial charge is 0.290 e. The molecule has 1 N–H and O–H groups in total. The van der Waals surface area contributed by atoms with Crippen molar-refractivity contribution in [1.29, 1.82) is 0 Å². The summed E-state index contributed by atoms with van der Waals surface area (Å²) in [5.41, 5.74) is 7.70. The first kappa shape index (κ1) is 20.7. The molecule has 0 saturated heterocycles. The number of para-hydroxylation sites is 1. The van der Waals surface area contributed by atoms with E-state index in [0.29, 0.717) is 27.8 Å². The van der Waals surface area contributed by atoms with Crippen LogP contribution >= 0.6 is 11.6 Å². The minimum atomic E-state index is -0.349. The van der Waals surface area contributed by atoms with Gasteiger partial charge in [0.2, 0.25) is 0 Å². The number of nitrogens with zero attached hydrogens (tertiary/aromatic N) is 5. The molecule has 5 rings (SSSR count). The lowest BCUT2D eigenvalue weighted by molar-refractivity contribution is 0.0948. The first-order valence-corrected chi connectivity index (χ1v) is 10.7. The first-order chi connectivity index (χ1) is 16.1. The van der Waals surface area contributed by atoms with Crippen LogP contribution in [0.15, 0.2) is 90.3 Å². The van der Waals surface area contributed by atoms with Crippen LogP contribution in [-0.2, 0) is 0 Å². The van der Waals surface area contributed by atoms with Gasteiger partial charge < -0.3 is 0 Å². The van der Waals surface area contributed by atoms with E-state index in [4.69, 9.17) is 11.6 Å². The van der Waals surface area contributed by atoms with Crippen LogP contribution in [0, 0.1) is 6.92 Å². The summed E-state index contributed by atoms with van der Waals surface area (Å²) < 4.78 is 3.52. The Morgan fingerprint density at radius 3 is 2.58 bits per heavy atom. The number of rotatable bonds is 5. The van der Waals surface area contributed by atoms with Crippen molar-refractivity contribution in [2.75, 3.05) is 0 Å². The summed E-state index contributed by atoms with van der Waals surface area (Å²) in [4.78, 5) is 17.2. The average Bonchev–Trinajstić information content (AvgIpc) is 3.40. The summed E-state index contributed by atoms with van der Waals surface area (Å²) >= 11 is 6.06. The summed E-state index contributed by atoms with van der Waals surface area (Å²) in [5, 5.41) is 9.51. The highest BCUT2D eigenvalue weighted by Gasteiger charge is 2.16. The maximum absolute atomic E-state index is 12.8. The molecule has 162 valence electrons. The lowest BCUT2D eigenvalue weighted by Gasteiger charge is -2.02. The second kappa shape index (κ2) is 8.72. The van der Waals surface area contributed by atoms with E-state index in [2.05, 4.69) is 20.6 Å². The molecule has 7 nitrogen and oxygen atoms in total. The van der Waals surface area contributed by atoms with Gasteiger partial charge in [0.1, 0.15) is 17.0 Å². The molecule has 0 atom stereocenters. The highest BCUT2D eigenvalue weighted by molar-refractivity contribution is 6.30. The number of hydrogen-bond acceptors (Lipinski definition) is 4. The molecule has 0 aliphatic rings. The van der Waals surface area contributed by atoms with Gasteiger partial charge in [-0.2, -0.15) is 10.2 Å². The molecule has 2 aromatic carbocycles. The van der Waals surface area contributed by atoms with Gasteiger partial charge in [-0.3, -0.25) is 9.20 Å². The third-order valence-electron chi connectivity index (χ3n) is 5.19. The van der Waals surface area contributed by atoms with Crippen molar-refractivity contribution in [1.82, 2.24) is 24.6 Å². The van der Waals surface area contributed by atoms with Gasteiger partial charge in [0.15, 0.2) is 0 Å². The molecule has 0 saturated carbocycles. The highest BCUT2D eigenvalue weighted by Crippen LogP contribution is 2.25. The monoisotopic (exact) mass is 454 g/mol. The lowest BCUT2D eigenvalue weighted by Crippen LogP contribution is -2.20. The van der Waals surface area contributed by atoms with E-state index in [1.807, 2.05) is 79.0 Å². The molecule has 0 unspecified atom stereocenters. The summed E-state index contributed by atoms with van der Waals surface area (Å²) in [6.07, 6.45) is 5.27. The number of hydrazone groups is 1. The number of aromatic nitrogens is 4. The minimum absolute atomic E-state index is 0.349. The fourth-order valence-electron chi connectivity index (χ4n) is 3.64. The third kappa shape index (κ3) is 4.14. The van der Waals surface area contributed by atoms with E-state index in [1.165, 1.54) is 0 Å². The van der Waals surface area contributed by atoms with Gasteiger partial charge in [0, 0.05) is 23.0 Å². The van der Waals surface area contributed by atoms with Crippen molar-refractivity contribution < 1.29 is 4.79 Å². The number of fused-ring (bicyclic) bond motifs is 1. The van der Waals surface area contributed by atoms with Crippen LogP contribution in [-0.4, -0.2) is 31.3 Å². The van der Waals surface area contributed by atoms with E-state index in [0.717, 1.165) is 16.8 Å². The predicted octanol–water partition coefficient (Wildman–Crippen LogP) is 4.91. The van der Waals surface area contributed by atoms with Crippen LogP contribution in [0.5, 0.6) is 0 Å². The van der Waals surface area contributed by atoms with Crippen molar-refractivity contribution in [3.05, 3.63) is 107 Å². The zero-order valence-electron chi connectivity index (χ0n) is 17.7. The topological polar surface area (TPSA) is 76.6 Å². The average molecular weight is 455 g/mol. The molecule has 0 aliphatic heterocycles. The van der Waals surface area contributed by atoms with E-state index in [-0.39, 0.29) is 5.91 Å². The Morgan fingerprint density at radius 2 is 1.79 bits per heavy atom. The Hall–Kier alpha value is -4.23. The molecule has 33 heavy (non-hydrogen) atoms. The molecule has 0 radical (unpaired) electrons. The number of imidazole rings is 1. The quantitative estimate of drug-likeness (QED) is 0.302. The minimum Gasteiger partial charge on any atom is -0.295 e. The largest absolute Gasteiger partial charge is 0.295 e. The Bertz CT molecular complexity index is 1470. The number of carbonyl (C=O) groups is 1. The fourth-order valence-corrected chi connectivity index (χ4v) is 3.77. The zero-order valence-corrected chi connectivity index (χ0v) is 18.4. The second-order valence-corrected chi connectivity index (χ2v) is 7.83. The number of pyridine rings is 1. The molecule has 8 heteroatoms. The zero-order chi connectivity index (χ0) is 22.8. The molecule has 1 amide bonds. The van der Waals surface area contributed by atoms with Crippen LogP contribution < -0.4 is 5.43 Å². The van der Waals surface area contributed by atoms with Gasteiger partial charge in [-0.25, -0.2) is 15.1 Å². The molecule has 0 fully saturated rings.